The zero-order valence-electron chi connectivity index (χ0n) is 9.60. The van der Waals surface area contributed by atoms with Gasteiger partial charge in [-0.2, -0.15) is 0 Å². The summed E-state index contributed by atoms with van der Waals surface area (Å²) in [5.41, 5.74) is 9.58. The van der Waals surface area contributed by atoms with Gasteiger partial charge < -0.3 is 5.73 Å². The molecule has 0 spiro atoms. The molecule has 1 aromatic heterocycles. The minimum Gasteiger partial charge on any atom is -0.398 e. The highest BCUT2D eigenvalue weighted by atomic mass is 35.5. The third-order valence-corrected chi connectivity index (χ3v) is 3.14. The fourth-order valence-electron chi connectivity index (χ4n) is 1.97. The summed E-state index contributed by atoms with van der Waals surface area (Å²) in [7, 11) is 0. The highest BCUT2D eigenvalue weighted by Gasteiger charge is 2.04. The first kappa shape index (κ1) is 11.1. The number of nitrogens with two attached hydrogens (primary N) is 1. The molecule has 0 unspecified atom stereocenters. The van der Waals surface area contributed by atoms with Crippen molar-refractivity contribution in [3.05, 3.63) is 59.6 Å². The van der Waals surface area contributed by atoms with Crippen LogP contribution in [0.4, 0.5) is 5.69 Å². The summed E-state index contributed by atoms with van der Waals surface area (Å²) < 4.78 is 0. The summed E-state index contributed by atoms with van der Waals surface area (Å²) in [6, 6.07) is 17.3. The molecule has 0 saturated carbocycles. The smallest absolute Gasteiger partial charge is 0.0730 e. The van der Waals surface area contributed by atoms with E-state index in [0.29, 0.717) is 5.02 Å². The number of halogens is 1. The average molecular weight is 255 g/mol. The summed E-state index contributed by atoms with van der Waals surface area (Å²) in [5, 5.41) is 1.70. The molecule has 0 fully saturated rings. The van der Waals surface area contributed by atoms with E-state index in [4.69, 9.17) is 17.3 Å². The zero-order valence-corrected chi connectivity index (χ0v) is 10.4. The van der Waals surface area contributed by atoms with Crippen molar-refractivity contribution >= 4 is 28.2 Å². The molecule has 88 valence electrons. The molecule has 3 rings (SSSR count). The lowest BCUT2D eigenvalue weighted by Gasteiger charge is -2.06. The van der Waals surface area contributed by atoms with Crippen molar-refractivity contribution in [1.29, 1.82) is 0 Å². The molecule has 3 heteroatoms. The van der Waals surface area contributed by atoms with E-state index in [-0.39, 0.29) is 0 Å². The molecule has 2 aromatic carbocycles. The van der Waals surface area contributed by atoms with Crippen molar-refractivity contribution in [2.24, 2.45) is 0 Å². The predicted molar refractivity (Wildman–Crippen MR) is 76.6 cm³/mol. The average Bonchev–Trinajstić information content (AvgIpc) is 2.39. The van der Waals surface area contributed by atoms with Gasteiger partial charge in [-0.1, -0.05) is 41.9 Å². The number of pyridine rings is 1. The number of aromatic nitrogens is 1. The number of hydrogen-bond donors (Lipinski definition) is 1. The van der Waals surface area contributed by atoms with Crippen LogP contribution in [0.25, 0.3) is 22.2 Å². The number of hydrogen-bond acceptors (Lipinski definition) is 2. The van der Waals surface area contributed by atoms with Crippen LogP contribution in [0.5, 0.6) is 0 Å². The van der Waals surface area contributed by atoms with Crippen LogP contribution in [0.2, 0.25) is 5.02 Å². The molecule has 0 saturated heterocycles. The second kappa shape index (κ2) is 4.31. The molecule has 0 aliphatic heterocycles. The number of nitrogen functional groups attached to an aromatic ring is 1. The number of fused-ring (bicyclic) bond motifs is 1. The Morgan fingerprint density at radius 2 is 1.67 bits per heavy atom. The van der Waals surface area contributed by atoms with Crippen molar-refractivity contribution in [3.63, 3.8) is 0 Å². The first-order valence-corrected chi connectivity index (χ1v) is 6.03. The summed E-state index contributed by atoms with van der Waals surface area (Å²) in [6.45, 7) is 0. The van der Waals surface area contributed by atoms with Gasteiger partial charge in [-0.15, -0.1) is 0 Å². The molecule has 0 aliphatic rings. The van der Waals surface area contributed by atoms with Crippen molar-refractivity contribution in [2.75, 3.05) is 5.73 Å². The van der Waals surface area contributed by atoms with Crippen LogP contribution in [0.15, 0.2) is 54.6 Å². The highest BCUT2D eigenvalue weighted by molar-refractivity contribution is 6.30. The number of anilines is 1. The van der Waals surface area contributed by atoms with E-state index in [1.807, 2.05) is 54.6 Å². The molecule has 0 atom stereocenters. The maximum Gasteiger partial charge on any atom is 0.0730 e. The topological polar surface area (TPSA) is 38.9 Å². The van der Waals surface area contributed by atoms with Crippen LogP contribution in [0.1, 0.15) is 0 Å². The van der Waals surface area contributed by atoms with Crippen LogP contribution in [0.3, 0.4) is 0 Å². The summed E-state index contributed by atoms with van der Waals surface area (Å²) >= 11 is 5.88. The summed E-state index contributed by atoms with van der Waals surface area (Å²) in [4.78, 5) is 4.61. The molecule has 0 amide bonds. The van der Waals surface area contributed by atoms with E-state index in [2.05, 4.69) is 4.98 Å². The van der Waals surface area contributed by atoms with Crippen LogP contribution < -0.4 is 5.73 Å². The molecule has 2 N–H and O–H groups in total. The van der Waals surface area contributed by atoms with Crippen LogP contribution >= 0.6 is 11.6 Å². The second-order valence-corrected chi connectivity index (χ2v) is 4.56. The maximum atomic E-state index is 6.06. The monoisotopic (exact) mass is 254 g/mol. The second-order valence-electron chi connectivity index (χ2n) is 4.12. The van der Waals surface area contributed by atoms with Crippen molar-refractivity contribution in [3.8, 4) is 11.3 Å². The van der Waals surface area contributed by atoms with E-state index in [1.165, 1.54) is 0 Å². The lowest BCUT2D eigenvalue weighted by molar-refractivity contribution is 1.40. The third kappa shape index (κ3) is 1.91. The van der Waals surface area contributed by atoms with E-state index < -0.39 is 0 Å². The first-order chi connectivity index (χ1) is 8.74. The van der Waals surface area contributed by atoms with Crippen LogP contribution in [-0.2, 0) is 0 Å². The van der Waals surface area contributed by atoms with Gasteiger partial charge in [0, 0.05) is 21.7 Å². The molecule has 0 radical (unpaired) electrons. The van der Waals surface area contributed by atoms with E-state index >= 15 is 0 Å². The Morgan fingerprint density at radius 3 is 2.44 bits per heavy atom. The molecule has 2 nitrogen and oxygen atoms in total. The van der Waals surface area contributed by atoms with E-state index in [0.717, 1.165) is 27.8 Å². The van der Waals surface area contributed by atoms with Gasteiger partial charge in [-0.3, -0.25) is 0 Å². The molecule has 0 bridgehead atoms. The Hall–Kier alpha value is -2.06. The van der Waals surface area contributed by atoms with E-state index in [9.17, 15) is 0 Å². The van der Waals surface area contributed by atoms with Crippen molar-refractivity contribution in [2.45, 2.75) is 0 Å². The van der Waals surface area contributed by atoms with Crippen LogP contribution in [0, 0.1) is 0 Å². The van der Waals surface area contributed by atoms with Gasteiger partial charge in [-0.05, 0) is 24.3 Å². The molecule has 1 heterocycles. The van der Waals surface area contributed by atoms with Gasteiger partial charge in [0.1, 0.15) is 0 Å². The molecule has 3 aromatic rings. The number of para-hydroxylation sites is 1. The molecule has 18 heavy (non-hydrogen) atoms. The minimum absolute atomic E-state index is 0.715. The Balaban J connectivity index is 2.21. The zero-order chi connectivity index (χ0) is 12.5. The van der Waals surface area contributed by atoms with Gasteiger partial charge >= 0.3 is 0 Å². The molecular weight excluding hydrogens is 244 g/mol. The van der Waals surface area contributed by atoms with Gasteiger partial charge in [0.15, 0.2) is 0 Å². The summed E-state index contributed by atoms with van der Waals surface area (Å²) in [5.74, 6) is 0. The Kier molecular flexibility index (Phi) is 2.65. The first-order valence-electron chi connectivity index (χ1n) is 5.65. The van der Waals surface area contributed by atoms with Gasteiger partial charge in [0.2, 0.25) is 0 Å². The lowest BCUT2D eigenvalue weighted by atomic mass is 10.1. The fraction of sp³-hybridized carbons (Fsp3) is 0. The summed E-state index contributed by atoms with van der Waals surface area (Å²) in [6.07, 6.45) is 0. The van der Waals surface area contributed by atoms with Gasteiger partial charge in [0.25, 0.3) is 0 Å². The lowest BCUT2D eigenvalue weighted by Crippen LogP contribution is -1.92. The van der Waals surface area contributed by atoms with Crippen molar-refractivity contribution < 1.29 is 0 Å². The maximum absolute atomic E-state index is 6.06. The standard InChI is InChI=1S/C15H11ClN2/c16-11-7-5-10(6-8-11)15-9-13(17)12-3-1-2-4-14(12)18-15/h1-9H,(H2,17,18). The predicted octanol–water partition coefficient (Wildman–Crippen LogP) is 4.14. The Morgan fingerprint density at radius 1 is 0.944 bits per heavy atom. The highest BCUT2D eigenvalue weighted by Crippen LogP contribution is 2.26. The van der Waals surface area contributed by atoms with Gasteiger partial charge in [-0.25, -0.2) is 4.98 Å². The number of nitrogens with zero attached hydrogens (tertiary/aromatic N) is 1. The number of rotatable bonds is 1. The number of benzene rings is 2. The minimum atomic E-state index is 0.715. The molecule has 0 aliphatic carbocycles. The largest absolute Gasteiger partial charge is 0.398 e. The SMILES string of the molecule is Nc1cc(-c2ccc(Cl)cc2)nc2ccccc12. The molecular formula is C15H11ClN2. The van der Waals surface area contributed by atoms with Gasteiger partial charge in [0.05, 0.1) is 11.2 Å². The van der Waals surface area contributed by atoms with Crippen molar-refractivity contribution in [1.82, 2.24) is 4.98 Å². The normalized spacial score (nSPS) is 10.7. The third-order valence-electron chi connectivity index (χ3n) is 2.89. The Labute approximate surface area is 110 Å². The fourth-order valence-corrected chi connectivity index (χ4v) is 2.10. The Bertz CT molecular complexity index is 705. The van der Waals surface area contributed by atoms with Crippen LogP contribution in [-0.4, -0.2) is 4.98 Å². The van der Waals surface area contributed by atoms with E-state index in [1.54, 1.807) is 0 Å². The quantitative estimate of drug-likeness (QED) is 0.709.